The van der Waals surface area contributed by atoms with Crippen LogP contribution in [-0.4, -0.2) is 18.1 Å². The molecule has 25 heavy (non-hydrogen) atoms. The molecule has 0 aliphatic rings. The molecule has 1 aromatic heterocycles. The van der Waals surface area contributed by atoms with Gasteiger partial charge in [0.25, 0.3) is 0 Å². The molecule has 1 heterocycles. The quantitative estimate of drug-likeness (QED) is 0.572. The van der Waals surface area contributed by atoms with Crippen LogP contribution < -0.4 is 14.8 Å². The van der Waals surface area contributed by atoms with Gasteiger partial charge in [-0.1, -0.05) is 18.5 Å². The van der Waals surface area contributed by atoms with Crippen molar-refractivity contribution in [3.63, 3.8) is 0 Å². The van der Waals surface area contributed by atoms with E-state index in [-0.39, 0.29) is 0 Å². The van der Waals surface area contributed by atoms with Gasteiger partial charge in [-0.05, 0) is 49.7 Å². The van der Waals surface area contributed by atoms with E-state index < -0.39 is 0 Å². The lowest BCUT2D eigenvalue weighted by molar-refractivity contribution is 0.317. The number of rotatable bonds is 7. The van der Waals surface area contributed by atoms with E-state index in [2.05, 4.69) is 30.2 Å². The van der Waals surface area contributed by atoms with Crippen molar-refractivity contribution >= 4 is 28.2 Å². The lowest BCUT2D eigenvalue weighted by Gasteiger charge is -2.10. The Kier molecular flexibility index (Phi) is 5.61. The van der Waals surface area contributed by atoms with Crippen LogP contribution in [0.2, 0.25) is 5.02 Å². The summed E-state index contributed by atoms with van der Waals surface area (Å²) in [5.41, 5.74) is 1.97. The average Bonchev–Trinajstić information content (AvgIpc) is 2.61. The Hall–Kier alpha value is -2.46. The first-order chi connectivity index (χ1) is 12.2. The monoisotopic (exact) mass is 356 g/mol. The number of nitrogens with one attached hydrogen (secondary N) is 1. The summed E-state index contributed by atoms with van der Waals surface area (Å²) in [6.07, 6.45) is 0.936. The second-order valence-corrected chi connectivity index (χ2v) is 6.04. The van der Waals surface area contributed by atoms with E-state index in [1.54, 1.807) is 6.07 Å². The number of fused-ring (bicyclic) bond motifs is 1. The third kappa shape index (κ3) is 4.34. The summed E-state index contributed by atoms with van der Waals surface area (Å²) in [6.45, 7) is 5.65. The highest BCUT2D eigenvalue weighted by Gasteiger charge is 2.06. The fraction of sp³-hybridized carbons (Fsp3) is 0.250. The van der Waals surface area contributed by atoms with Crippen LogP contribution in [0.3, 0.4) is 0 Å². The van der Waals surface area contributed by atoms with Gasteiger partial charge < -0.3 is 14.8 Å². The summed E-state index contributed by atoms with van der Waals surface area (Å²) < 4.78 is 11.4. The Balaban J connectivity index is 1.78. The van der Waals surface area contributed by atoms with Gasteiger partial charge in [0, 0.05) is 29.8 Å². The maximum absolute atomic E-state index is 6.24. The highest BCUT2D eigenvalue weighted by molar-refractivity contribution is 6.32. The normalized spacial score (nSPS) is 10.7. The van der Waals surface area contributed by atoms with Crippen LogP contribution in [0.15, 0.2) is 48.5 Å². The number of aromatic nitrogens is 1. The number of nitrogens with zero attached hydrogens (tertiary/aromatic N) is 1. The van der Waals surface area contributed by atoms with Crippen LogP contribution in [0, 0.1) is 0 Å². The maximum Gasteiger partial charge on any atom is 0.219 e. The Morgan fingerprint density at radius 1 is 1.04 bits per heavy atom. The minimum absolute atomic E-state index is 0.530. The fourth-order valence-corrected chi connectivity index (χ4v) is 2.70. The summed E-state index contributed by atoms with van der Waals surface area (Å²) in [7, 11) is 0. The summed E-state index contributed by atoms with van der Waals surface area (Å²) in [4.78, 5) is 4.55. The molecule has 130 valence electrons. The highest BCUT2D eigenvalue weighted by atomic mass is 35.5. The van der Waals surface area contributed by atoms with Crippen molar-refractivity contribution in [1.29, 1.82) is 0 Å². The van der Waals surface area contributed by atoms with Crippen molar-refractivity contribution in [3.05, 3.63) is 53.6 Å². The van der Waals surface area contributed by atoms with E-state index in [1.807, 2.05) is 36.4 Å². The molecule has 0 fully saturated rings. The smallest absolute Gasteiger partial charge is 0.219 e. The molecule has 0 atom stereocenters. The zero-order chi connectivity index (χ0) is 17.6. The Morgan fingerprint density at radius 2 is 1.92 bits per heavy atom. The molecule has 5 heteroatoms. The third-order valence-electron chi connectivity index (χ3n) is 3.63. The van der Waals surface area contributed by atoms with Crippen LogP contribution in [0.25, 0.3) is 10.9 Å². The van der Waals surface area contributed by atoms with Gasteiger partial charge >= 0.3 is 0 Å². The predicted octanol–water partition coefficient (Wildman–Crippen LogP) is 5.90. The highest BCUT2D eigenvalue weighted by Crippen LogP contribution is 2.31. The average molecular weight is 357 g/mol. The number of anilines is 1. The summed E-state index contributed by atoms with van der Waals surface area (Å²) in [5, 5.41) is 4.89. The number of ether oxygens (including phenoxy) is 2. The number of pyridine rings is 1. The molecule has 3 rings (SSSR count). The lowest BCUT2D eigenvalue weighted by Crippen LogP contribution is -1.96. The van der Waals surface area contributed by atoms with Crippen LogP contribution in [0.5, 0.6) is 17.4 Å². The van der Waals surface area contributed by atoms with E-state index in [0.29, 0.717) is 29.0 Å². The molecule has 0 radical (unpaired) electrons. The number of hydrogen-bond acceptors (Lipinski definition) is 4. The van der Waals surface area contributed by atoms with Gasteiger partial charge in [-0.2, -0.15) is 0 Å². The van der Waals surface area contributed by atoms with Gasteiger partial charge in [0.1, 0.15) is 11.5 Å². The Morgan fingerprint density at radius 3 is 2.68 bits per heavy atom. The molecule has 0 aliphatic carbocycles. The molecule has 0 unspecified atom stereocenters. The summed E-state index contributed by atoms with van der Waals surface area (Å²) in [6, 6.07) is 15.3. The van der Waals surface area contributed by atoms with Crippen molar-refractivity contribution in [2.75, 3.05) is 18.5 Å². The number of hydrogen-bond donors (Lipinski definition) is 1. The van der Waals surface area contributed by atoms with Crippen molar-refractivity contribution in [1.82, 2.24) is 4.98 Å². The Labute approximate surface area is 152 Å². The zero-order valence-corrected chi connectivity index (χ0v) is 15.1. The molecular weight excluding hydrogens is 336 g/mol. The van der Waals surface area contributed by atoms with Gasteiger partial charge in [-0.3, -0.25) is 0 Å². The molecule has 0 bridgehead atoms. The van der Waals surface area contributed by atoms with Crippen LogP contribution >= 0.6 is 11.6 Å². The van der Waals surface area contributed by atoms with Crippen LogP contribution in [0.1, 0.15) is 20.3 Å². The predicted molar refractivity (Wildman–Crippen MR) is 103 cm³/mol. The van der Waals surface area contributed by atoms with E-state index in [0.717, 1.165) is 29.6 Å². The zero-order valence-electron chi connectivity index (χ0n) is 14.4. The molecular formula is C20H21ClN2O2. The second kappa shape index (κ2) is 8.08. The topological polar surface area (TPSA) is 43.4 Å². The van der Waals surface area contributed by atoms with Crippen molar-refractivity contribution in [2.24, 2.45) is 0 Å². The first-order valence-corrected chi connectivity index (χ1v) is 8.82. The van der Waals surface area contributed by atoms with Crippen molar-refractivity contribution in [2.45, 2.75) is 20.3 Å². The van der Waals surface area contributed by atoms with Gasteiger partial charge in [-0.25, -0.2) is 4.98 Å². The SMILES string of the molecule is CCCOc1ccc(Oc2ccc3cc(NCC)ccc3n2)cc1Cl. The van der Waals surface area contributed by atoms with E-state index >= 15 is 0 Å². The number of benzene rings is 2. The van der Waals surface area contributed by atoms with Gasteiger partial charge in [-0.15, -0.1) is 0 Å². The van der Waals surface area contributed by atoms with Gasteiger partial charge in [0.2, 0.25) is 5.88 Å². The minimum atomic E-state index is 0.530. The summed E-state index contributed by atoms with van der Waals surface area (Å²) in [5.74, 6) is 1.82. The van der Waals surface area contributed by atoms with E-state index in [4.69, 9.17) is 21.1 Å². The first-order valence-electron chi connectivity index (χ1n) is 8.44. The summed E-state index contributed by atoms with van der Waals surface area (Å²) >= 11 is 6.24. The first kappa shape index (κ1) is 17.4. The molecule has 0 spiro atoms. The maximum atomic E-state index is 6.24. The van der Waals surface area contributed by atoms with Gasteiger partial charge in [0.15, 0.2) is 0 Å². The molecule has 0 saturated carbocycles. The second-order valence-electron chi connectivity index (χ2n) is 5.63. The molecule has 2 aromatic carbocycles. The molecule has 4 nitrogen and oxygen atoms in total. The molecule has 3 aromatic rings. The van der Waals surface area contributed by atoms with Crippen molar-refractivity contribution < 1.29 is 9.47 Å². The number of halogens is 1. The largest absolute Gasteiger partial charge is 0.492 e. The third-order valence-corrected chi connectivity index (χ3v) is 3.93. The molecule has 0 saturated heterocycles. The lowest BCUT2D eigenvalue weighted by atomic mass is 10.2. The standard InChI is InChI=1S/C20H21ClN2O2/c1-3-11-24-19-9-7-16(13-17(19)21)25-20-10-5-14-12-15(22-4-2)6-8-18(14)23-20/h5-10,12-13,22H,3-4,11H2,1-2H3. The van der Waals surface area contributed by atoms with Crippen molar-refractivity contribution in [3.8, 4) is 17.4 Å². The minimum Gasteiger partial charge on any atom is -0.492 e. The fourth-order valence-electron chi connectivity index (χ4n) is 2.47. The van der Waals surface area contributed by atoms with Gasteiger partial charge in [0.05, 0.1) is 17.1 Å². The molecule has 0 amide bonds. The Bertz CT molecular complexity index is 867. The molecule has 1 N–H and O–H groups in total. The van der Waals surface area contributed by atoms with Crippen LogP contribution in [-0.2, 0) is 0 Å². The van der Waals surface area contributed by atoms with E-state index in [9.17, 15) is 0 Å². The van der Waals surface area contributed by atoms with E-state index in [1.165, 1.54) is 0 Å². The molecule has 0 aliphatic heterocycles. The van der Waals surface area contributed by atoms with Crippen LogP contribution in [0.4, 0.5) is 5.69 Å².